The summed E-state index contributed by atoms with van der Waals surface area (Å²) < 4.78 is 200. The second-order valence-electron chi connectivity index (χ2n) is 6.71. The van der Waals surface area contributed by atoms with E-state index < -0.39 is 92.7 Å². The van der Waals surface area contributed by atoms with E-state index in [4.69, 9.17) is 0 Å². The molecule has 0 radical (unpaired) electrons. The topological polar surface area (TPSA) is 176 Å². The van der Waals surface area contributed by atoms with Crippen molar-refractivity contribution in [3.05, 3.63) is 42.5 Å². The Kier molecular flexibility index (Phi) is 9.95. The van der Waals surface area contributed by atoms with Crippen LogP contribution in [0.25, 0.3) is 0 Å². The molecule has 1 aromatic rings. The predicted molar refractivity (Wildman–Crippen MR) is 109 cm³/mol. The van der Waals surface area contributed by atoms with Crippen LogP contribution < -0.4 is 8.31 Å². The SMILES string of the molecule is C=CC(=O)OCCOC(=O)c1ccc(OS(=O)(=O)C(F)(F)C(F)(F)C(F)(F)S(=O)(=O)NS(=O)(=O)C(F)(F)F)cc1. The average Bonchev–Trinajstić information content (AvgIpc) is 2.79. The van der Waals surface area contributed by atoms with Gasteiger partial charge >= 0.3 is 54.0 Å². The van der Waals surface area contributed by atoms with Gasteiger partial charge in [0.05, 0.1) is 5.56 Å². The van der Waals surface area contributed by atoms with Crippen molar-refractivity contribution < 1.29 is 88.0 Å². The van der Waals surface area contributed by atoms with Crippen molar-refractivity contribution in [2.45, 2.75) is 21.9 Å². The largest absolute Gasteiger partial charge is 0.512 e. The van der Waals surface area contributed by atoms with Gasteiger partial charge in [-0.05, 0) is 24.3 Å². The number of benzene rings is 1. The minimum Gasteiger partial charge on any atom is -0.459 e. The third-order valence-corrected chi connectivity index (χ3v) is 8.52. The highest BCUT2D eigenvalue weighted by Gasteiger charge is 2.83. The summed E-state index contributed by atoms with van der Waals surface area (Å²) in [5.74, 6) is -11.1. The number of rotatable bonds is 13. The first-order valence-corrected chi connectivity index (χ1v) is 13.6. The number of halogens is 9. The molecule has 0 saturated carbocycles. The van der Waals surface area contributed by atoms with Gasteiger partial charge in [-0.25, -0.2) is 26.4 Å². The molecule has 0 aliphatic carbocycles. The predicted octanol–water partition coefficient (Wildman–Crippen LogP) is 1.87. The molecule has 1 rings (SSSR count). The molecule has 24 heteroatoms. The summed E-state index contributed by atoms with van der Waals surface area (Å²) in [6, 6.07) is 1.80. The lowest BCUT2D eigenvalue weighted by Crippen LogP contribution is -2.64. The van der Waals surface area contributed by atoms with E-state index in [-0.39, 0.29) is 0 Å². The first kappa shape index (κ1) is 34.9. The minimum atomic E-state index is -7.93. The zero-order valence-electron chi connectivity index (χ0n) is 18.6. The molecular formula is C16H12F9NO11S3. The standard InChI is InChI=1S/C16H12F9NO11S3/c1-2-11(27)35-7-8-36-12(28)9-3-5-10(6-4-9)37-40(33,34)15(21,22)13(17,18)14(19,20)38(29,30)26-39(31,32)16(23,24)25/h2-6,26H,1,7-8H2. The van der Waals surface area contributed by atoms with Gasteiger partial charge in [0, 0.05) is 6.08 Å². The number of carbonyl (C=O) groups excluding carboxylic acids is 2. The summed E-state index contributed by atoms with van der Waals surface area (Å²) in [6.45, 7) is 2.10. The molecule has 228 valence electrons. The first-order valence-electron chi connectivity index (χ1n) is 9.25. The maximum Gasteiger partial charge on any atom is 0.512 e. The van der Waals surface area contributed by atoms with Crippen LogP contribution in [0.1, 0.15) is 10.4 Å². The lowest BCUT2D eigenvalue weighted by Gasteiger charge is -2.31. The van der Waals surface area contributed by atoms with Gasteiger partial charge in [-0.3, -0.25) is 0 Å². The Hall–Kier alpha value is -3.12. The summed E-state index contributed by atoms with van der Waals surface area (Å²) in [4.78, 5) is 22.6. The Morgan fingerprint density at radius 2 is 1.25 bits per heavy atom. The Bertz CT molecular complexity index is 1460. The summed E-state index contributed by atoms with van der Waals surface area (Å²) in [7, 11) is -22.7. The molecule has 1 aromatic carbocycles. The molecule has 0 unspecified atom stereocenters. The maximum atomic E-state index is 14.1. The normalized spacial score (nSPS) is 13.8. The maximum absolute atomic E-state index is 14.1. The molecule has 0 atom stereocenters. The number of esters is 2. The van der Waals surface area contributed by atoms with E-state index in [1.807, 2.05) is 0 Å². The summed E-state index contributed by atoms with van der Waals surface area (Å²) in [6.07, 6.45) is 0.781. The number of sulfonamides is 2. The van der Waals surface area contributed by atoms with Gasteiger partial charge in [0.25, 0.3) is 10.0 Å². The third-order valence-electron chi connectivity index (χ3n) is 3.93. The number of hydrogen-bond donors (Lipinski definition) is 1. The third kappa shape index (κ3) is 6.95. The van der Waals surface area contributed by atoms with E-state index >= 15 is 0 Å². The van der Waals surface area contributed by atoms with Crippen molar-refractivity contribution in [1.82, 2.24) is 4.13 Å². The fourth-order valence-electron chi connectivity index (χ4n) is 1.98. The van der Waals surface area contributed by atoms with Crippen LogP contribution >= 0.6 is 0 Å². The molecule has 0 saturated heterocycles. The van der Waals surface area contributed by atoms with Crippen molar-refractivity contribution in [2.24, 2.45) is 0 Å². The highest BCUT2D eigenvalue weighted by Crippen LogP contribution is 2.51. The van der Waals surface area contributed by atoms with Crippen molar-refractivity contribution >= 4 is 42.1 Å². The van der Waals surface area contributed by atoms with E-state index in [0.29, 0.717) is 24.3 Å². The van der Waals surface area contributed by atoms with Crippen molar-refractivity contribution in [2.75, 3.05) is 13.2 Å². The van der Waals surface area contributed by atoms with E-state index in [2.05, 4.69) is 20.2 Å². The number of carbonyl (C=O) groups is 2. The molecule has 0 spiro atoms. The summed E-state index contributed by atoms with van der Waals surface area (Å²) in [5.41, 5.74) is -7.19. The summed E-state index contributed by atoms with van der Waals surface area (Å²) >= 11 is 0. The molecule has 12 nitrogen and oxygen atoms in total. The van der Waals surface area contributed by atoms with E-state index in [1.54, 1.807) is 0 Å². The first-order chi connectivity index (χ1) is 17.8. The van der Waals surface area contributed by atoms with Crippen LogP contribution in [0.2, 0.25) is 0 Å². The van der Waals surface area contributed by atoms with Gasteiger partial charge in [-0.15, -0.1) is 0 Å². The van der Waals surface area contributed by atoms with Gasteiger partial charge < -0.3 is 13.7 Å². The van der Waals surface area contributed by atoms with Crippen LogP contribution in [0, 0.1) is 0 Å². The van der Waals surface area contributed by atoms with Crippen molar-refractivity contribution in [3.8, 4) is 5.75 Å². The van der Waals surface area contributed by atoms with Crippen LogP contribution in [0.3, 0.4) is 0 Å². The van der Waals surface area contributed by atoms with Crippen molar-refractivity contribution in [3.63, 3.8) is 0 Å². The molecule has 0 aliphatic heterocycles. The molecule has 0 heterocycles. The quantitative estimate of drug-likeness (QED) is 0.107. The molecule has 0 amide bonds. The monoisotopic (exact) mass is 661 g/mol. The smallest absolute Gasteiger partial charge is 0.459 e. The number of nitrogens with one attached hydrogen (secondary N) is 1. The van der Waals surface area contributed by atoms with Gasteiger partial charge in [0.2, 0.25) is 0 Å². The fraction of sp³-hybridized carbons (Fsp3) is 0.375. The van der Waals surface area contributed by atoms with Crippen molar-refractivity contribution in [1.29, 1.82) is 0 Å². The Labute approximate surface area is 217 Å². The van der Waals surface area contributed by atoms with Crippen LogP contribution in [-0.4, -0.2) is 72.3 Å². The van der Waals surface area contributed by atoms with Crippen LogP contribution in [-0.2, 0) is 44.4 Å². The van der Waals surface area contributed by atoms with Crippen LogP contribution in [0.15, 0.2) is 36.9 Å². The number of hydrogen-bond acceptors (Lipinski definition) is 11. The molecule has 0 aliphatic rings. The Morgan fingerprint density at radius 3 is 1.70 bits per heavy atom. The Balaban J connectivity index is 3.18. The van der Waals surface area contributed by atoms with E-state index in [0.717, 1.165) is 6.08 Å². The van der Waals surface area contributed by atoms with Gasteiger partial charge in [0.15, 0.2) is 0 Å². The summed E-state index contributed by atoms with van der Waals surface area (Å²) in [5, 5.41) is -14.8. The van der Waals surface area contributed by atoms with E-state index in [9.17, 15) is 74.4 Å². The van der Waals surface area contributed by atoms with Crippen LogP contribution in [0.5, 0.6) is 5.75 Å². The molecule has 1 N–H and O–H groups in total. The van der Waals surface area contributed by atoms with Gasteiger partial charge in [-0.1, -0.05) is 10.7 Å². The van der Waals surface area contributed by atoms with Crippen LogP contribution in [0.4, 0.5) is 39.5 Å². The molecular weight excluding hydrogens is 649 g/mol. The average molecular weight is 661 g/mol. The highest BCUT2D eigenvalue weighted by atomic mass is 32.3. The molecule has 0 aromatic heterocycles. The molecule has 0 bridgehead atoms. The fourth-order valence-corrected chi connectivity index (χ4v) is 5.38. The number of ether oxygens (including phenoxy) is 2. The molecule has 40 heavy (non-hydrogen) atoms. The van der Waals surface area contributed by atoms with Gasteiger partial charge in [-0.2, -0.15) is 47.9 Å². The lowest BCUT2D eigenvalue weighted by molar-refractivity contribution is -0.245. The highest BCUT2D eigenvalue weighted by molar-refractivity contribution is 8.05. The zero-order valence-corrected chi connectivity index (χ0v) is 21.1. The number of alkyl halides is 9. The second-order valence-corrected chi connectivity index (χ2v) is 12.0. The lowest BCUT2D eigenvalue weighted by atomic mass is 10.2. The second kappa shape index (κ2) is 11.4. The zero-order chi connectivity index (χ0) is 31.6. The van der Waals surface area contributed by atoms with E-state index in [1.165, 1.54) is 0 Å². The molecule has 0 fully saturated rings. The Morgan fingerprint density at radius 1 is 0.775 bits per heavy atom. The minimum absolute atomic E-state index is 0.326. The van der Waals surface area contributed by atoms with Gasteiger partial charge in [0.1, 0.15) is 19.0 Å².